The molecule has 1 saturated carbocycles. The molecule has 1 atom stereocenters. The third-order valence-electron chi connectivity index (χ3n) is 5.48. The monoisotopic (exact) mass is 384 g/mol. The second-order valence-corrected chi connectivity index (χ2v) is 7.67. The maximum absolute atomic E-state index is 14.6. The molecule has 0 saturated heterocycles. The summed E-state index contributed by atoms with van der Waals surface area (Å²) in [7, 11) is 3.39. The zero-order valence-corrected chi connectivity index (χ0v) is 16.2. The number of carbonyl (C=O) groups excluding carboxylic acids is 2. The molecule has 148 valence electrons. The van der Waals surface area contributed by atoms with Gasteiger partial charge in [0, 0.05) is 50.7 Å². The predicted molar refractivity (Wildman–Crippen MR) is 103 cm³/mol. The molecule has 7 heteroatoms. The Bertz CT molecular complexity index is 890. The zero-order valence-electron chi connectivity index (χ0n) is 16.2. The summed E-state index contributed by atoms with van der Waals surface area (Å²) in [6.07, 6.45) is 3.80. The molecule has 0 N–H and O–H groups in total. The third kappa shape index (κ3) is 3.37. The Morgan fingerprint density at radius 2 is 1.86 bits per heavy atom. The minimum absolute atomic E-state index is 0.0212. The number of aromatic nitrogens is 1. The summed E-state index contributed by atoms with van der Waals surface area (Å²) >= 11 is 0. The van der Waals surface area contributed by atoms with E-state index >= 15 is 0 Å². The van der Waals surface area contributed by atoms with Crippen LogP contribution in [-0.2, 0) is 11.3 Å². The van der Waals surface area contributed by atoms with Gasteiger partial charge in [-0.2, -0.15) is 0 Å². The summed E-state index contributed by atoms with van der Waals surface area (Å²) in [6, 6.07) is 9.92. The maximum Gasteiger partial charge on any atom is 0.320 e. The molecule has 1 unspecified atom stereocenters. The van der Waals surface area contributed by atoms with Gasteiger partial charge in [0.2, 0.25) is 5.91 Å². The van der Waals surface area contributed by atoms with Gasteiger partial charge in [-0.05, 0) is 31.0 Å². The summed E-state index contributed by atoms with van der Waals surface area (Å²) in [6.45, 7) is 1.16. The van der Waals surface area contributed by atoms with Crippen LogP contribution in [0.2, 0.25) is 0 Å². The van der Waals surface area contributed by atoms with Gasteiger partial charge in [0.25, 0.3) is 0 Å². The Morgan fingerprint density at radius 1 is 1.11 bits per heavy atom. The zero-order chi connectivity index (χ0) is 19.8. The van der Waals surface area contributed by atoms with Crippen molar-refractivity contribution in [3.05, 3.63) is 59.7 Å². The van der Waals surface area contributed by atoms with Crippen LogP contribution in [0.3, 0.4) is 0 Å². The van der Waals surface area contributed by atoms with Crippen molar-refractivity contribution in [1.29, 1.82) is 0 Å². The molecule has 2 heterocycles. The van der Waals surface area contributed by atoms with E-state index in [0.717, 1.165) is 18.5 Å². The molecule has 4 rings (SSSR count). The molecule has 2 aliphatic rings. The van der Waals surface area contributed by atoms with E-state index in [0.29, 0.717) is 18.7 Å². The number of amides is 3. The lowest BCUT2D eigenvalue weighted by molar-refractivity contribution is -0.134. The predicted octanol–water partition coefficient (Wildman–Crippen LogP) is 2.70. The number of fused-ring (bicyclic) bond motifs is 1. The van der Waals surface area contributed by atoms with Gasteiger partial charge in [-0.3, -0.25) is 4.79 Å². The van der Waals surface area contributed by atoms with Crippen molar-refractivity contribution in [2.75, 3.05) is 27.2 Å². The normalized spacial score (nSPS) is 18.5. The average Bonchev–Trinajstić information content (AvgIpc) is 3.41. The molecule has 28 heavy (non-hydrogen) atoms. The van der Waals surface area contributed by atoms with Crippen LogP contribution in [0, 0.1) is 5.82 Å². The average molecular weight is 384 g/mol. The van der Waals surface area contributed by atoms with Gasteiger partial charge in [-0.1, -0.05) is 18.2 Å². The molecule has 1 aliphatic carbocycles. The molecule has 2 aromatic rings. The largest absolute Gasteiger partial charge is 0.348 e. The SMILES string of the molecule is CN(C)C(=O)N(CC(=O)N1CCn2cccc2C1c1ccccc1F)C1CC1. The highest BCUT2D eigenvalue weighted by atomic mass is 19.1. The standard InChI is InChI=1S/C21H25FN4O2/c1-23(2)21(28)26(15-9-10-15)14-19(27)25-13-12-24-11-5-8-18(24)20(25)16-6-3-4-7-17(16)22/h3-8,11,15,20H,9-10,12-14H2,1-2H3. The number of hydrogen-bond donors (Lipinski definition) is 0. The Morgan fingerprint density at radius 3 is 2.54 bits per heavy atom. The van der Waals surface area contributed by atoms with Crippen molar-refractivity contribution in [1.82, 2.24) is 19.3 Å². The van der Waals surface area contributed by atoms with Crippen LogP contribution in [0.5, 0.6) is 0 Å². The second-order valence-electron chi connectivity index (χ2n) is 7.67. The number of halogens is 1. The topological polar surface area (TPSA) is 48.8 Å². The van der Waals surface area contributed by atoms with Crippen molar-refractivity contribution in [2.45, 2.75) is 31.5 Å². The van der Waals surface area contributed by atoms with E-state index < -0.39 is 6.04 Å². The molecule has 1 aromatic carbocycles. The van der Waals surface area contributed by atoms with Gasteiger partial charge in [0.15, 0.2) is 0 Å². The number of nitrogens with zero attached hydrogens (tertiary/aromatic N) is 4. The fourth-order valence-electron chi connectivity index (χ4n) is 3.91. The van der Waals surface area contributed by atoms with E-state index in [2.05, 4.69) is 4.57 Å². The lowest BCUT2D eigenvalue weighted by atomic mass is 9.99. The molecule has 0 radical (unpaired) electrons. The molecule has 1 aromatic heterocycles. The van der Waals surface area contributed by atoms with Crippen molar-refractivity contribution in [3.63, 3.8) is 0 Å². The van der Waals surface area contributed by atoms with E-state index in [-0.39, 0.29) is 30.3 Å². The highest BCUT2D eigenvalue weighted by Crippen LogP contribution is 2.34. The van der Waals surface area contributed by atoms with Gasteiger partial charge >= 0.3 is 6.03 Å². The second kappa shape index (κ2) is 7.30. The Balaban J connectivity index is 1.64. The van der Waals surface area contributed by atoms with E-state index in [1.54, 1.807) is 42.1 Å². The highest BCUT2D eigenvalue weighted by Gasteiger charge is 2.39. The molecular weight excluding hydrogens is 359 g/mol. The van der Waals surface area contributed by atoms with Gasteiger partial charge in [-0.15, -0.1) is 0 Å². The Hall–Kier alpha value is -2.83. The first-order valence-corrected chi connectivity index (χ1v) is 9.64. The summed E-state index contributed by atoms with van der Waals surface area (Å²) < 4.78 is 16.7. The van der Waals surface area contributed by atoms with Crippen molar-refractivity contribution in [2.24, 2.45) is 0 Å². The summed E-state index contributed by atoms with van der Waals surface area (Å²) in [5.41, 5.74) is 1.37. The molecule has 1 aliphatic heterocycles. The van der Waals surface area contributed by atoms with Crippen LogP contribution in [0.15, 0.2) is 42.6 Å². The van der Waals surface area contributed by atoms with Crippen molar-refractivity contribution < 1.29 is 14.0 Å². The first-order chi connectivity index (χ1) is 13.5. The molecule has 1 fully saturated rings. The smallest absolute Gasteiger partial charge is 0.320 e. The van der Waals surface area contributed by atoms with E-state index in [1.807, 2.05) is 18.3 Å². The third-order valence-corrected chi connectivity index (χ3v) is 5.48. The Kier molecular flexibility index (Phi) is 4.83. The number of rotatable bonds is 4. The lowest BCUT2D eigenvalue weighted by Gasteiger charge is -2.38. The first kappa shape index (κ1) is 18.5. The van der Waals surface area contributed by atoms with Crippen LogP contribution in [0.4, 0.5) is 9.18 Å². The van der Waals surface area contributed by atoms with Gasteiger partial charge in [0.05, 0.1) is 0 Å². The van der Waals surface area contributed by atoms with Crippen molar-refractivity contribution >= 4 is 11.9 Å². The quantitative estimate of drug-likeness (QED) is 0.814. The fourth-order valence-corrected chi connectivity index (χ4v) is 3.91. The maximum atomic E-state index is 14.6. The summed E-state index contributed by atoms with van der Waals surface area (Å²) in [5, 5.41) is 0. The minimum atomic E-state index is -0.493. The van der Waals surface area contributed by atoms with E-state index in [9.17, 15) is 14.0 Å². The lowest BCUT2D eigenvalue weighted by Crippen LogP contribution is -2.50. The van der Waals surface area contributed by atoms with E-state index in [1.165, 1.54) is 11.0 Å². The summed E-state index contributed by atoms with van der Waals surface area (Å²) in [4.78, 5) is 30.7. The van der Waals surface area contributed by atoms with Gasteiger partial charge in [0.1, 0.15) is 18.4 Å². The molecule has 6 nitrogen and oxygen atoms in total. The van der Waals surface area contributed by atoms with Crippen molar-refractivity contribution in [3.8, 4) is 0 Å². The molecule has 0 bridgehead atoms. The van der Waals surface area contributed by atoms with Gasteiger partial charge in [-0.25, -0.2) is 9.18 Å². The van der Waals surface area contributed by atoms with Crippen LogP contribution in [0.1, 0.15) is 30.1 Å². The van der Waals surface area contributed by atoms with Crippen LogP contribution < -0.4 is 0 Å². The Labute approximate surface area is 164 Å². The van der Waals surface area contributed by atoms with E-state index in [4.69, 9.17) is 0 Å². The molecular formula is C21H25FN4O2. The van der Waals surface area contributed by atoms with Crippen LogP contribution in [0.25, 0.3) is 0 Å². The number of urea groups is 1. The van der Waals surface area contributed by atoms with Gasteiger partial charge < -0.3 is 19.3 Å². The van der Waals surface area contributed by atoms with Crippen LogP contribution in [-0.4, -0.2) is 64.4 Å². The van der Waals surface area contributed by atoms with Crippen LogP contribution >= 0.6 is 0 Å². The minimum Gasteiger partial charge on any atom is -0.348 e. The highest BCUT2D eigenvalue weighted by molar-refractivity contribution is 5.85. The number of carbonyl (C=O) groups is 2. The fraction of sp³-hybridized carbons (Fsp3) is 0.429. The summed E-state index contributed by atoms with van der Waals surface area (Å²) in [5.74, 6) is -0.480. The number of hydrogen-bond acceptors (Lipinski definition) is 2. The number of benzene rings is 1. The first-order valence-electron chi connectivity index (χ1n) is 9.64. The molecule has 3 amide bonds. The molecule has 0 spiro atoms.